The monoisotopic (exact) mass is 180 g/mol. The largest absolute Gasteiger partial charge is 0.404 e. The SMILES string of the molecule is CC/C=C/C(CC)=C(N)\C(C)=C\N. The van der Waals surface area contributed by atoms with Crippen LogP contribution in [-0.2, 0) is 0 Å². The summed E-state index contributed by atoms with van der Waals surface area (Å²) >= 11 is 0. The van der Waals surface area contributed by atoms with E-state index in [2.05, 4.69) is 26.0 Å². The van der Waals surface area contributed by atoms with Crippen LogP contribution in [0.1, 0.15) is 33.6 Å². The van der Waals surface area contributed by atoms with Crippen molar-refractivity contribution in [3.8, 4) is 0 Å². The van der Waals surface area contributed by atoms with E-state index in [1.54, 1.807) is 6.20 Å². The molecule has 0 aliphatic heterocycles. The molecule has 2 nitrogen and oxygen atoms in total. The van der Waals surface area contributed by atoms with Gasteiger partial charge in [0, 0.05) is 5.70 Å². The predicted octanol–water partition coefficient (Wildman–Crippen LogP) is 2.44. The zero-order valence-electron chi connectivity index (χ0n) is 8.80. The molecule has 74 valence electrons. The van der Waals surface area contributed by atoms with E-state index in [-0.39, 0.29) is 0 Å². The van der Waals surface area contributed by atoms with Gasteiger partial charge in [0.2, 0.25) is 0 Å². The van der Waals surface area contributed by atoms with Crippen molar-refractivity contribution >= 4 is 0 Å². The Labute approximate surface area is 81.0 Å². The molecule has 0 aromatic heterocycles. The van der Waals surface area contributed by atoms with Gasteiger partial charge in [-0.15, -0.1) is 0 Å². The van der Waals surface area contributed by atoms with E-state index >= 15 is 0 Å². The highest BCUT2D eigenvalue weighted by Crippen LogP contribution is 2.12. The maximum Gasteiger partial charge on any atom is 0.0390 e. The fourth-order valence-corrected chi connectivity index (χ4v) is 1.00. The molecule has 13 heavy (non-hydrogen) atoms. The summed E-state index contributed by atoms with van der Waals surface area (Å²) in [6, 6.07) is 0. The molecule has 0 saturated carbocycles. The van der Waals surface area contributed by atoms with E-state index in [1.807, 2.05) is 6.92 Å². The Morgan fingerprint density at radius 2 is 1.92 bits per heavy atom. The molecule has 4 N–H and O–H groups in total. The molecule has 0 saturated heterocycles. The van der Waals surface area contributed by atoms with Crippen LogP contribution in [0.2, 0.25) is 0 Å². The van der Waals surface area contributed by atoms with Gasteiger partial charge in [0.05, 0.1) is 0 Å². The van der Waals surface area contributed by atoms with Crippen molar-refractivity contribution in [2.75, 3.05) is 0 Å². The second-order valence-corrected chi connectivity index (χ2v) is 2.95. The minimum absolute atomic E-state index is 0.801. The molecule has 2 heteroatoms. The average Bonchev–Trinajstić information content (AvgIpc) is 2.17. The molecule has 0 rings (SSSR count). The van der Waals surface area contributed by atoms with Gasteiger partial charge in [0.15, 0.2) is 0 Å². The Bertz CT molecular complexity index is 234. The van der Waals surface area contributed by atoms with Gasteiger partial charge >= 0.3 is 0 Å². The lowest BCUT2D eigenvalue weighted by molar-refractivity contribution is 1.08. The molecule has 0 bridgehead atoms. The van der Waals surface area contributed by atoms with Gasteiger partial charge in [-0.2, -0.15) is 0 Å². The van der Waals surface area contributed by atoms with Gasteiger partial charge in [0.1, 0.15) is 0 Å². The van der Waals surface area contributed by atoms with Crippen LogP contribution in [0, 0.1) is 0 Å². The number of allylic oxidation sites excluding steroid dienone is 4. The molecule has 0 aromatic rings. The zero-order valence-corrected chi connectivity index (χ0v) is 8.80. The van der Waals surface area contributed by atoms with E-state index in [1.165, 1.54) is 0 Å². The van der Waals surface area contributed by atoms with Crippen LogP contribution in [0.25, 0.3) is 0 Å². The average molecular weight is 180 g/mol. The van der Waals surface area contributed by atoms with E-state index in [0.717, 1.165) is 29.7 Å². The van der Waals surface area contributed by atoms with Crippen molar-refractivity contribution in [2.24, 2.45) is 11.5 Å². The minimum atomic E-state index is 0.801. The van der Waals surface area contributed by atoms with Crippen molar-refractivity contribution in [2.45, 2.75) is 33.6 Å². The summed E-state index contributed by atoms with van der Waals surface area (Å²) in [4.78, 5) is 0. The highest BCUT2D eigenvalue weighted by Gasteiger charge is 1.98. The molecule has 0 spiro atoms. The van der Waals surface area contributed by atoms with Gasteiger partial charge in [-0.3, -0.25) is 0 Å². The van der Waals surface area contributed by atoms with Crippen molar-refractivity contribution in [3.05, 3.63) is 35.2 Å². The lowest BCUT2D eigenvalue weighted by Crippen LogP contribution is -2.04. The predicted molar refractivity (Wildman–Crippen MR) is 58.9 cm³/mol. The van der Waals surface area contributed by atoms with Gasteiger partial charge in [-0.05, 0) is 37.1 Å². The maximum absolute atomic E-state index is 5.90. The van der Waals surface area contributed by atoms with Crippen molar-refractivity contribution in [1.29, 1.82) is 0 Å². The Kier molecular flexibility index (Phi) is 5.77. The quantitative estimate of drug-likeness (QED) is 0.653. The van der Waals surface area contributed by atoms with Gasteiger partial charge < -0.3 is 11.5 Å². The minimum Gasteiger partial charge on any atom is -0.404 e. The number of hydrogen-bond donors (Lipinski definition) is 2. The Morgan fingerprint density at radius 3 is 2.31 bits per heavy atom. The first-order chi connectivity index (χ1) is 6.17. The Balaban J connectivity index is 4.79. The molecule has 0 heterocycles. The molecule has 0 aromatic carbocycles. The topological polar surface area (TPSA) is 52.0 Å². The van der Waals surface area contributed by atoms with E-state index in [9.17, 15) is 0 Å². The van der Waals surface area contributed by atoms with Gasteiger partial charge in [-0.25, -0.2) is 0 Å². The van der Waals surface area contributed by atoms with Crippen LogP contribution in [0.5, 0.6) is 0 Å². The fraction of sp³-hybridized carbons (Fsp3) is 0.455. The summed E-state index contributed by atoms with van der Waals surface area (Å²) < 4.78 is 0. The number of hydrogen-bond acceptors (Lipinski definition) is 2. The molecular formula is C11H20N2. The maximum atomic E-state index is 5.90. The zero-order chi connectivity index (χ0) is 10.3. The van der Waals surface area contributed by atoms with Crippen LogP contribution in [0.15, 0.2) is 35.2 Å². The summed E-state index contributed by atoms with van der Waals surface area (Å²) in [5.41, 5.74) is 14.2. The first-order valence-electron chi connectivity index (χ1n) is 4.71. The van der Waals surface area contributed by atoms with Crippen LogP contribution in [0.4, 0.5) is 0 Å². The van der Waals surface area contributed by atoms with Crippen molar-refractivity contribution in [1.82, 2.24) is 0 Å². The molecular weight excluding hydrogens is 160 g/mol. The summed E-state index contributed by atoms with van der Waals surface area (Å²) in [7, 11) is 0. The second-order valence-electron chi connectivity index (χ2n) is 2.95. The number of rotatable bonds is 4. The van der Waals surface area contributed by atoms with Crippen molar-refractivity contribution < 1.29 is 0 Å². The molecule has 0 unspecified atom stereocenters. The first kappa shape index (κ1) is 11.8. The molecule has 0 radical (unpaired) electrons. The van der Waals surface area contributed by atoms with E-state index < -0.39 is 0 Å². The lowest BCUT2D eigenvalue weighted by atomic mass is 10.1. The van der Waals surface area contributed by atoms with Crippen LogP contribution in [0.3, 0.4) is 0 Å². The third-order valence-electron chi connectivity index (χ3n) is 1.96. The summed E-state index contributed by atoms with van der Waals surface area (Å²) in [6.45, 7) is 6.11. The van der Waals surface area contributed by atoms with E-state index in [4.69, 9.17) is 11.5 Å². The smallest absolute Gasteiger partial charge is 0.0390 e. The number of nitrogens with two attached hydrogens (primary N) is 2. The van der Waals surface area contributed by atoms with Crippen molar-refractivity contribution in [3.63, 3.8) is 0 Å². The second kappa shape index (κ2) is 6.35. The third kappa shape index (κ3) is 3.83. The Morgan fingerprint density at radius 1 is 1.31 bits per heavy atom. The fourth-order valence-electron chi connectivity index (χ4n) is 1.00. The normalized spacial score (nSPS) is 14.8. The molecule has 0 aliphatic rings. The highest BCUT2D eigenvalue weighted by atomic mass is 14.6. The van der Waals surface area contributed by atoms with Crippen LogP contribution in [-0.4, -0.2) is 0 Å². The third-order valence-corrected chi connectivity index (χ3v) is 1.96. The van der Waals surface area contributed by atoms with E-state index in [0.29, 0.717) is 0 Å². The standard InChI is InChI=1S/C11H20N2/c1-4-6-7-10(5-2)11(13)9(3)8-12/h6-8H,4-5,12-13H2,1-3H3/b7-6+,9-8+,11-10+. The van der Waals surface area contributed by atoms with Gasteiger partial charge in [0.25, 0.3) is 0 Å². The van der Waals surface area contributed by atoms with Crippen LogP contribution < -0.4 is 11.5 Å². The summed E-state index contributed by atoms with van der Waals surface area (Å²) in [5.74, 6) is 0. The molecule has 0 aliphatic carbocycles. The molecule has 0 fully saturated rings. The summed E-state index contributed by atoms with van der Waals surface area (Å²) in [5, 5.41) is 0. The van der Waals surface area contributed by atoms with Gasteiger partial charge in [-0.1, -0.05) is 26.0 Å². The Hall–Kier alpha value is -1.18. The highest BCUT2D eigenvalue weighted by molar-refractivity contribution is 5.36. The lowest BCUT2D eigenvalue weighted by Gasteiger charge is -2.05. The molecule has 0 atom stereocenters. The summed E-state index contributed by atoms with van der Waals surface area (Å²) in [6.07, 6.45) is 7.69. The van der Waals surface area contributed by atoms with Crippen LogP contribution >= 0.6 is 0 Å². The molecule has 0 amide bonds. The first-order valence-corrected chi connectivity index (χ1v) is 4.71.